The number of aliphatic hydroxyl groups excluding tert-OH is 1. The third kappa shape index (κ3) is 3.73. The summed E-state index contributed by atoms with van der Waals surface area (Å²) in [5.74, 6) is -0.502. The lowest BCUT2D eigenvalue weighted by Gasteiger charge is -2.22. The van der Waals surface area contributed by atoms with Crippen molar-refractivity contribution in [1.82, 2.24) is 15.3 Å². The molecule has 134 valence electrons. The van der Waals surface area contributed by atoms with Crippen LogP contribution < -0.4 is 16.4 Å². The van der Waals surface area contributed by atoms with Gasteiger partial charge in [0, 0.05) is 5.69 Å². The molecule has 7 N–H and O–H groups in total. The van der Waals surface area contributed by atoms with Crippen molar-refractivity contribution in [2.75, 3.05) is 11.1 Å². The summed E-state index contributed by atoms with van der Waals surface area (Å²) in [7, 11) is 0. The first-order chi connectivity index (χ1) is 12.4. The zero-order valence-corrected chi connectivity index (χ0v) is 13.5. The highest BCUT2D eigenvalue weighted by atomic mass is 16.4. The molecule has 9 nitrogen and oxygen atoms in total. The molecule has 3 rings (SSSR count). The number of hydrogen-bond donors (Lipinski definition) is 6. The minimum absolute atomic E-state index is 0.248. The molecule has 1 heterocycles. The van der Waals surface area contributed by atoms with E-state index in [2.05, 4.69) is 20.6 Å². The predicted molar refractivity (Wildman–Crippen MR) is 95.5 cm³/mol. The van der Waals surface area contributed by atoms with E-state index in [-0.39, 0.29) is 5.95 Å². The number of carboxylic acid groups (broad SMARTS) is 1. The number of carbonyl (C=O) groups is 2. The normalized spacial score (nSPS) is 13.1. The fourth-order valence-electron chi connectivity index (χ4n) is 2.61. The molecule has 0 radical (unpaired) electrons. The van der Waals surface area contributed by atoms with Crippen molar-refractivity contribution in [1.29, 1.82) is 0 Å². The van der Waals surface area contributed by atoms with Crippen LogP contribution in [0, 0.1) is 0 Å². The molecule has 0 fully saturated rings. The number of aromatic amines is 1. The number of aromatic nitrogens is 2. The Morgan fingerprint density at radius 1 is 1.15 bits per heavy atom. The number of benzene rings is 2. The number of H-pyrrole nitrogens is 1. The molecule has 2 aromatic carbocycles. The van der Waals surface area contributed by atoms with Gasteiger partial charge in [-0.3, -0.25) is 4.79 Å². The zero-order chi connectivity index (χ0) is 18.7. The number of aliphatic hydroxyl groups is 1. The van der Waals surface area contributed by atoms with Crippen molar-refractivity contribution in [2.45, 2.75) is 12.1 Å². The first-order valence-electron chi connectivity index (χ1n) is 7.72. The molecule has 26 heavy (non-hydrogen) atoms. The molecule has 0 aliphatic rings. The molecule has 9 heteroatoms. The van der Waals surface area contributed by atoms with E-state index in [1.165, 1.54) is 0 Å². The van der Waals surface area contributed by atoms with Gasteiger partial charge in [-0.15, -0.1) is 0 Å². The van der Waals surface area contributed by atoms with Crippen molar-refractivity contribution in [2.24, 2.45) is 0 Å². The van der Waals surface area contributed by atoms with E-state index in [1.807, 2.05) is 0 Å². The summed E-state index contributed by atoms with van der Waals surface area (Å²) in [4.78, 5) is 30.3. The number of amides is 2. The molecule has 3 aromatic rings. The summed E-state index contributed by atoms with van der Waals surface area (Å²) in [6.07, 6.45) is -2.98. The Labute approximate surface area is 147 Å². The van der Waals surface area contributed by atoms with E-state index in [0.717, 1.165) is 0 Å². The summed E-state index contributed by atoms with van der Waals surface area (Å²) < 4.78 is 0. The maximum Gasteiger partial charge on any atom is 0.405 e. The second-order valence-electron chi connectivity index (χ2n) is 5.63. The Hall–Kier alpha value is -3.59. The lowest BCUT2D eigenvalue weighted by molar-refractivity contribution is -0.125. The summed E-state index contributed by atoms with van der Waals surface area (Å²) in [5, 5.41) is 24.1. The van der Waals surface area contributed by atoms with Crippen LogP contribution in [-0.2, 0) is 4.79 Å². The minimum Gasteiger partial charge on any atom is -0.465 e. The first kappa shape index (κ1) is 17.2. The Kier molecular flexibility index (Phi) is 4.72. The van der Waals surface area contributed by atoms with Gasteiger partial charge in [0.25, 0.3) is 5.91 Å². The smallest absolute Gasteiger partial charge is 0.405 e. The summed E-state index contributed by atoms with van der Waals surface area (Å²) in [6, 6.07) is 12.1. The van der Waals surface area contributed by atoms with Gasteiger partial charge in [-0.1, -0.05) is 30.3 Å². The van der Waals surface area contributed by atoms with Crippen LogP contribution in [0.25, 0.3) is 11.0 Å². The van der Waals surface area contributed by atoms with Crippen molar-refractivity contribution in [3.8, 4) is 0 Å². The molecular weight excluding hydrogens is 338 g/mol. The molecule has 2 atom stereocenters. The van der Waals surface area contributed by atoms with E-state index in [0.29, 0.717) is 22.3 Å². The maximum absolute atomic E-state index is 12.4. The molecule has 0 bridgehead atoms. The van der Waals surface area contributed by atoms with Crippen LogP contribution in [0.5, 0.6) is 0 Å². The van der Waals surface area contributed by atoms with Crippen molar-refractivity contribution >= 4 is 34.7 Å². The molecule has 0 aliphatic carbocycles. The minimum atomic E-state index is -1.63. The number of nitrogens with two attached hydrogens (primary N) is 1. The van der Waals surface area contributed by atoms with Crippen LogP contribution in [0.15, 0.2) is 48.5 Å². The molecule has 0 saturated carbocycles. The molecule has 0 spiro atoms. The van der Waals surface area contributed by atoms with E-state index < -0.39 is 24.1 Å². The van der Waals surface area contributed by atoms with Gasteiger partial charge in [0.1, 0.15) is 0 Å². The quantitative estimate of drug-likeness (QED) is 0.407. The highest BCUT2D eigenvalue weighted by Crippen LogP contribution is 2.21. The molecule has 0 aliphatic heterocycles. The van der Waals surface area contributed by atoms with Crippen LogP contribution in [0.4, 0.5) is 16.4 Å². The summed E-state index contributed by atoms with van der Waals surface area (Å²) in [6.45, 7) is 0. The van der Waals surface area contributed by atoms with E-state index >= 15 is 0 Å². The van der Waals surface area contributed by atoms with Crippen LogP contribution in [0.1, 0.15) is 11.6 Å². The average Bonchev–Trinajstić information content (AvgIpc) is 2.99. The lowest BCUT2D eigenvalue weighted by Crippen LogP contribution is -2.42. The number of fused-ring (bicyclic) bond motifs is 1. The largest absolute Gasteiger partial charge is 0.465 e. The van der Waals surface area contributed by atoms with Gasteiger partial charge in [-0.25, -0.2) is 9.78 Å². The summed E-state index contributed by atoms with van der Waals surface area (Å²) >= 11 is 0. The maximum atomic E-state index is 12.4. The van der Waals surface area contributed by atoms with Crippen molar-refractivity contribution in [3.05, 3.63) is 54.1 Å². The van der Waals surface area contributed by atoms with Crippen LogP contribution >= 0.6 is 0 Å². The molecule has 1 aromatic heterocycles. The molecule has 2 amide bonds. The van der Waals surface area contributed by atoms with E-state index in [4.69, 9.17) is 10.8 Å². The van der Waals surface area contributed by atoms with Gasteiger partial charge in [-0.05, 0) is 23.8 Å². The van der Waals surface area contributed by atoms with Crippen molar-refractivity contribution < 1.29 is 19.8 Å². The average molecular weight is 355 g/mol. The van der Waals surface area contributed by atoms with Gasteiger partial charge < -0.3 is 31.6 Å². The Bertz CT molecular complexity index is 941. The third-order valence-corrected chi connectivity index (χ3v) is 3.79. The molecule has 2 unspecified atom stereocenters. The Morgan fingerprint density at radius 3 is 2.58 bits per heavy atom. The second kappa shape index (κ2) is 7.11. The molecular formula is C17H17N5O4. The fraction of sp³-hybridized carbons (Fsp3) is 0.118. The Balaban J connectivity index is 1.80. The monoisotopic (exact) mass is 355 g/mol. The van der Waals surface area contributed by atoms with E-state index in [1.54, 1.807) is 48.5 Å². The van der Waals surface area contributed by atoms with Gasteiger partial charge in [0.2, 0.25) is 0 Å². The Morgan fingerprint density at radius 2 is 1.88 bits per heavy atom. The number of imidazole rings is 1. The summed E-state index contributed by atoms with van der Waals surface area (Å²) in [5.41, 5.74) is 7.72. The van der Waals surface area contributed by atoms with Gasteiger partial charge in [-0.2, -0.15) is 0 Å². The van der Waals surface area contributed by atoms with Gasteiger partial charge in [0.05, 0.1) is 17.1 Å². The van der Waals surface area contributed by atoms with Crippen LogP contribution in [-0.4, -0.2) is 38.3 Å². The highest BCUT2D eigenvalue weighted by Gasteiger charge is 2.29. The third-order valence-electron chi connectivity index (χ3n) is 3.79. The molecule has 0 saturated heterocycles. The van der Waals surface area contributed by atoms with Crippen molar-refractivity contribution in [3.63, 3.8) is 0 Å². The number of hydrogen-bond acceptors (Lipinski definition) is 5. The highest BCUT2D eigenvalue weighted by molar-refractivity contribution is 5.96. The zero-order valence-electron chi connectivity index (χ0n) is 13.5. The van der Waals surface area contributed by atoms with Crippen LogP contribution in [0.3, 0.4) is 0 Å². The standard InChI is InChI=1S/C17H17N5O4/c18-16-20-11-7-6-10(8-12(11)21-16)19-15(24)14(23)13(22-17(25)26)9-4-2-1-3-5-9/h1-8,13-14,22-23H,(H,19,24)(H,25,26)(H3,18,20,21). The van der Waals surface area contributed by atoms with Gasteiger partial charge in [0.15, 0.2) is 12.1 Å². The number of rotatable bonds is 5. The predicted octanol–water partition coefficient (Wildman–Crippen LogP) is 1.45. The number of nitrogen functional groups attached to an aromatic ring is 1. The number of carbonyl (C=O) groups excluding carboxylic acids is 1. The number of nitrogens with one attached hydrogen (secondary N) is 3. The number of nitrogens with zero attached hydrogens (tertiary/aromatic N) is 1. The van der Waals surface area contributed by atoms with E-state index in [9.17, 15) is 14.7 Å². The number of anilines is 2. The van der Waals surface area contributed by atoms with Gasteiger partial charge >= 0.3 is 6.09 Å². The van der Waals surface area contributed by atoms with Crippen LogP contribution in [0.2, 0.25) is 0 Å². The topological polar surface area (TPSA) is 153 Å². The SMILES string of the molecule is Nc1nc2ccc(NC(=O)C(O)C(NC(=O)O)c3ccccc3)cc2[nH]1. The fourth-order valence-corrected chi connectivity index (χ4v) is 2.61. The second-order valence-corrected chi connectivity index (χ2v) is 5.63. The first-order valence-corrected chi connectivity index (χ1v) is 7.72. The lowest BCUT2D eigenvalue weighted by atomic mass is 10.0.